The fourth-order valence-electron chi connectivity index (χ4n) is 5.68. The lowest BCUT2D eigenvalue weighted by Crippen LogP contribution is -2.34. The minimum absolute atomic E-state index is 0.149. The molecule has 2 aromatic carbocycles. The van der Waals surface area contributed by atoms with Gasteiger partial charge in [-0.25, -0.2) is 4.57 Å². The summed E-state index contributed by atoms with van der Waals surface area (Å²) in [4.78, 5) is 7.02. The molecule has 3 aromatic rings. The maximum absolute atomic E-state index is 9.15. The van der Waals surface area contributed by atoms with Gasteiger partial charge in [-0.1, -0.05) is 64.1 Å². The van der Waals surface area contributed by atoms with Crippen LogP contribution in [0.2, 0.25) is 0 Å². The SMILES string of the molecule is CCN(CCSSCCN(CC)c1ccc(/C=C(\C)c2cc[n+](CCO)cc2)cc1)c1ccc(/C=C(\C)C2=CCN(CCO)C=C2)cc1. The number of aromatic nitrogens is 1. The van der Waals surface area contributed by atoms with Crippen molar-refractivity contribution in [3.8, 4) is 0 Å². The number of benzene rings is 2. The smallest absolute Gasteiger partial charge is 0.171 e. The van der Waals surface area contributed by atoms with Crippen molar-refractivity contribution < 1.29 is 14.8 Å². The van der Waals surface area contributed by atoms with Crippen molar-refractivity contribution in [3.05, 3.63) is 119 Å². The zero-order valence-electron chi connectivity index (χ0n) is 29.1. The fourth-order valence-corrected chi connectivity index (χ4v) is 7.66. The number of rotatable bonds is 19. The Morgan fingerprint density at radius 1 is 0.771 bits per heavy atom. The molecule has 48 heavy (non-hydrogen) atoms. The number of allylic oxidation sites excluding steroid dienone is 4. The van der Waals surface area contributed by atoms with Crippen molar-refractivity contribution in [2.45, 2.75) is 34.2 Å². The lowest BCUT2D eigenvalue weighted by Gasteiger charge is -2.24. The van der Waals surface area contributed by atoms with Gasteiger partial charge < -0.3 is 24.9 Å². The largest absolute Gasteiger partial charge is 0.395 e. The number of hydrogen-bond acceptors (Lipinski definition) is 7. The van der Waals surface area contributed by atoms with Crippen LogP contribution in [0.3, 0.4) is 0 Å². The highest BCUT2D eigenvalue weighted by atomic mass is 33.1. The summed E-state index contributed by atoms with van der Waals surface area (Å²) in [6, 6.07) is 22.0. The molecular weight excluding hydrogens is 633 g/mol. The van der Waals surface area contributed by atoms with Gasteiger partial charge >= 0.3 is 0 Å². The molecule has 0 radical (unpaired) electrons. The second kappa shape index (κ2) is 20.2. The van der Waals surface area contributed by atoms with Crippen molar-refractivity contribution >= 4 is 50.7 Å². The number of aliphatic hydroxyl groups is 2. The van der Waals surface area contributed by atoms with Crippen LogP contribution in [0, 0.1) is 0 Å². The van der Waals surface area contributed by atoms with Crippen molar-refractivity contribution in [3.63, 3.8) is 0 Å². The Bertz CT molecular complexity index is 1520. The van der Waals surface area contributed by atoms with Crippen LogP contribution in [-0.2, 0) is 6.54 Å². The van der Waals surface area contributed by atoms with E-state index in [1.54, 1.807) is 0 Å². The van der Waals surface area contributed by atoms with E-state index in [0.717, 1.165) is 44.2 Å². The van der Waals surface area contributed by atoms with Crippen molar-refractivity contribution in [1.29, 1.82) is 0 Å². The first-order valence-corrected chi connectivity index (χ1v) is 19.6. The Kier molecular flexibility index (Phi) is 15.7. The summed E-state index contributed by atoms with van der Waals surface area (Å²) >= 11 is 0. The predicted octanol–water partition coefficient (Wildman–Crippen LogP) is 7.41. The van der Waals surface area contributed by atoms with Crippen molar-refractivity contribution in [2.75, 3.05) is 73.8 Å². The van der Waals surface area contributed by atoms with Crippen LogP contribution in [0.25, 0.3) is 17.7 Å². The van der Waals surface area contributed by atoms with Crippen LogP contribution >= 0.6 is 21.6 Å². The third kappa shape index (κ3) is 11.6. The van der Waals surface area contributed by atoms with Gasteiger partial charge in [0.2, 0.25) is 0 Å². The minimum Gasteiger partial charge on any atom is -0.395 e. The second-order valence-corrected chi connectivity index (χ2v) is 14.6. The molecule has 0 aliphatic carbocycles. The maximum atomic E-state index is 9.15. The molecule has 0 saturated carbocycles. The summed E-state index contributed by atoms with van der Waals surface area (Å²) in [5.74, 6) is 2.17. The van der Waals surface area contributed by atoms with E-state index >= 15 is 0 Å². The van der Waals surface area contributed by atoms with E-state index in [-0.39, 0.29) is 13.2 Å². The van der Waals surface area contributed by atoms with E-state index in [4.69, 9.17) is 10.2 Å². The molecule has 2 heterocycles. The molecular formula is C40H53N4O2S2+. The van der Waals surface area contributed by atoms with Gasteiger partial charge in [-0.15, -0.1) is 0 Å². The van der Waals surface area contributed by atoms with E-state index < -0.39 is 0 Å². The van der Waals surface area contributed by atoms with Gasteiger partial charge in [-0.05, 0) is 91.4 Å². The number of anilines is 2. The molecule has 1 aliphatic heterocycles. The first-order valence-electron chi connectivity index (χ1n) is 17.1. The topological polar surface area (TPSA) is 54.1 Å². The van der Waals surface area contributed by atoms with E-state index in [1.807, 2.05) is 38.5 Å². The Morgan fingerprint density at radius 2 is 1.31 bits per heavy atom. The molecule has 0 saturated heterocycles. The molecule has 1 aliphatic rings. The number of β-amino-alcohol motifs (C(OH)–C–C–N with tert-alkyl or cyclic N) is 1. The van der Waals surface area contributed by atoms with Gasteiger partial charge in [-0.2, -0.15) is 0 Å². The molecule has 0 atom stereocenters. The Balaban J connectivity index is 1.18. The highest BCUT2D eigenvalue weighted by Crippen LogP contribution is 2.26. The number of nitrogens with zero attached hydrogens (tertiary/aromatic N) is 4. The second-order valence-electron chi connectivity index (χ2n) is 11.9. The summed E-state index contributed by atoms with van der Waals surface area (Å²) in [6.07, 6.45) is 14.9. The normalized spacial score (nSPS) is 13.5. The molecule has 1 aromatic heterocycles. The summed E-state index contributed by atoms with van der Waals surface area (Å²) in [6.45, 7) is 15.3. The minimum atomic E-state index is 0.149. The lowest BCUT2D eigenvalue weighted by atomic mass is 10.0. The van der Waals surface area contributed by atoms with Crippen molar-refractivity contribution in [2.24, 2.45) is 0 Å². The molecule has 8 heteroatoms. The maximum Gasteiger partial charge on any atom is 0.171 e. The zero-order valence-corrected chi connectivity index (χ0v) is 30.7. The lowest BCUT2D eigenvalue weighted by molar-refractivity contribution is -0.698. The molecule has 0 bridgehead atoms. The average molecular weight is 686 g/mol. The van der Waals surface area contributed by atoms with Crippen LogP contribution < -0.4 is 14.4 Å². The predicted molar refractivity (Wildman–Crippen MR) is 210 cm³/mol. The van der Waals surface area contributed by atoms with Crippen LogP contribution in [0.4, 0.5) is 11.4 Å². The number of aliphatic hydroxyl groups excluding tert-OH is 2. The van der Waals surface area contributed by atoms with Crippen LogP contribution in [0.5, 0.6) is 0 Å². The van der Waals surface area contributed by atoms with Gasteiger partial charge in [0.25, 0.3) is 0 Å². The Morgan fingerprint density at radius 3 is 1.77 bits per heavy atom. The van der Waals surface area contributed by atoms with Crippen molar-refractivity contribution in [1.82, 2.24) is 4.90 Å². The summed E-state index contributed by atoms with van der Waals surface area (Å²) in [5.41, 5.74) is 9.87. The third-order valence-corrected chi connectivity index (χ3v) is 10.9. The molecule has 256 valence electrons. The monoisotopic (exact) mass is 685 g/mol. The molecule has 0 unspecified atom stereocenters. The Labute approximate surface area is 296 Å². The van der Waals surface area contributed by atoms with Gasteiger partial charge in [0.1, 0.15) is 6.61 Å². The van der Waals surface area contributed by atoms with E-state index in [1.165, 1.54) is 44.8 Å². The van der Waals surface area contributed by atoms with E-state index in [9.17, 15) is 0 Å². The molecule has 4 rings (SSSR count). The molecule has 0 fully saturated rings. The molecule has 0 amide bonds. The van der Waals surface area contributed by atoms with Crippen LogP contribution in [0.15, 0.2) is 103 Å². The highest BCUT2D eigenvalue weighted by molar-refractivity contribution is 8.76. The third-order valence-electron chi connectivity index (χ3n) is 8.58. The quantitative estimate of drug-likeness (QED) is 0.0775. The summed E-state index contributed by atoms with van der Waals surface area (Å²) in [7, 11) is 3.93. The number of pyridine rings is 1. The number of hydrogen-bond donors (Lipinski definition) is 2. The standard InChI is InChI=1S/C40H53N4O2S2/c1-5-43(39-11-7-35(8-12-39)31-33(3)37-15-19-41(20-16-37)23-27-45)25-29-47-48-30-26-44(6-2)40-13-9-36(10-14-40)32-34(4)38-17-21-42(22-18-38)24-28-46/h7-21,31-32,45-46H,5-6,22-30H2,1-4H3/q+1/b34-32+. The van der Waals surface area contributed by atoms with Gasteiger partial charge in [-0.3, -0.25) is 0 Å². The Hall–Kier alpha value is -3.43. The van der Waals surface area contributed by atoms with Crippen LogP contribution in [-0.4, -0.2) is 79.1 Å². The molecule has 6 nitrogen and oxygen atoms in total. The van der Waals surface area contributed by atoms with Gasteiger partial charge in [0.15, 0.2) is 18.9 Å². The summed E-state index contributed by atoms with van der Waals surface area (Å²) < 4.78 is 1.99. The first-order chi connectivity index (χ1) is 23.4. The van der Waals surface area contributed by atoms with E-state index in [2.05, 4.69) is 134 Å². The van der Waals surface area contributed by atoms with Crippen LogP contribution in [0.1, 0.15) is 44.4 Å². The first kappa shape index (κ1) is 37.4. The summed E-state index contributed by atoms with van der Waals surface area (Å²) in [5, 5.41) is 18.3. The molecule has 0 spiro atoms. The van der Waals surface area contributed by atoms with Gasteiger partial charge in [0.05, 0.1) is 6.61 Å². The van der Waals surface area contributed by atoms with E-state index in [0.29, 0.717) is 13.1 Å². The average Bonchev–Trinajstić information content (AvgIpc) is 3.11. The highest BCUT2D eigenvalue weighted by Gasteiger charge is 2.09. The van der Waals surface area contributed by atoms with Gasteiger partial charge in [0, 0.05) is 80.5 Å². The molecule has 2 N–H and O–H groups in total. The zero-order chi connectivity index (χ0) is 34.1. The fraction of sp³-hybridized carbons (Fsp3) is 0.375.